The highest BCUT2D eigenvalue weighted by Crippen LogP contribution is 2.33. The topological polar surface area (TPSA) is 78.9 Å². The maximum atomic E-state index is 12.9. The summed E-state index contributed by atoms with van der Waals surface area (Å²) < 4.78 is 5.44. The fourth-order valence-electron chi connectivity index (χ4n) is 2.47. The second-order valence-corrected chi connectivity index (χ2v) is 7.16. The fourth-order valence-corrected chi connectivity index (χ4v) is 3.59. The molecule has 27 heavy (non-hydrogen) atoms. The Bertz CT molecular complexity index is 992. The number of benzene rings is 2. The normalized spacial score (nSPS) is 15.9. The molecule has 0 spiro atoms. The number of halogens is 2. The van der Waals surface area contributed by atoms with Gasteiger partial charge in [-0.05, 0) is 70.6 Å². The molecule has 2 aromatic carbocycles. The number of methoxy groups -OCH3 is 1. The number of carbonyl (C=O) groups excluding carboxylic acids is 2. The molecular formula is C18H12BrClN2O4S. The van der Waals surface area contributed by atoms with Gasteiger partial charge in [-0.2, -0.15) is 0 Å². The van der Waals surface area contributed by atoms with Gasteiger partial charge in [-0.15, -0.1) is 0 Å². The molecule has 0 bridgehead atoms. The third-order valence-electron chi connectivity index (χ3n) is 3.79. The smallest absolute Gasteiger partial charge is 0.270 e. The third kappa shape index (κ3) is 3.83. The van der Waals surface area contributed by atoms with Crippen LogP contribution in [0.4, 0.5) is 5.69 Å². The summed E-state index contributed by atoms with van der Waals surface area (Å²) in [6.45, 7) is 0. The third-order valence-corrected chi connectivity index (χ3v) is 4.90. The lowest BCUT2D eigenvalue weighted by Crippen LogP contribution is -2.54. The Balaban J connectivity index is 2.04. The van der Waals surface area contributed by atoms with E-state index in [1.165, 1.54) is 30.2 Å². The number of phenolic OH excluding ortho intramolecular Hbond substituents is 1. The van der Waals surface area contributed by atoms with Gasteiger partial charge in [-0.3, -0.25) is 19.8 Å². The minimum atomic E-state index is -0.662. The molecule has 0 aromatic heterocycles. The van der Waals surface area contributed by atoms with Crippen molar-refractivity contribution in [3.05, 3.63) is 57.0 Å². The molecule has 1 heterocycles. The van der Waals surface area contributed by atoms with E-state index < -0.39 is 11.8 Å². The van der Waals surface area contributed by atoms with E-state index in [-0.39, 0.29) is 22.0 Å². The van der Waals surface area contributed by atoms with Crippen molar-refractivity contribution < 1.29 is 19.4 Å². The van der Waals surface area contributed by atoms with Crippen LogP contribution in [0.15, 0.2) is 46.4 Å². The average molecular weight is 468 g/mol. The van der Waals surface area contributed by atoms with Gasteiger partial charge in [0.2, 0.25) is 0 Å². The Labute approximate surface area is 173 Å². The maximum absolute atomic E-state index is 12.9. The average Bonchev–Trinajstić information content (AvgIpc) is 2.62. The van der Waals surface area contributed by atoms with Crippen LogP contribution in [0.2, 0.25) is 5.02 Å². The highest BCUT2D eigenvalue weighted by molar-refractivity contribution is 9.10. The quantitative estimate of drug-likeness (QED) is 0.409. The molecule has 2 amide bonds. The number of ether oxygens (including phenoxy) is 1. The standard InChI is InChI=1S/C18H12BrClN2O4S/c1-26-12-4-2-11(3-5-12)22-17(25)13(16(24)21-18(22)27)7-9-6-10(20)8-14(19)15(9)23/h2-8,23H,1H3,(H,21,24,27)/b13-7+. The predicted molar refractivity (Wildman–Crippen MR) is 110 cm³/mol. The first-order chi connectivity index (χ1) is 12.8. The molecule has 0 unspecified atom stereocenters. The molecule has 3 rings (SSSR count). The summed E-state index contributed by atoms with van der Waals surface area (Å²) in [6, 6.07) is 9.58. The lowest BCUT2D eigenvalue weighted by atomic mass is 10.1. The van der Waals surface area contributed by atoms with Gasteiger partial charge in [0, 0.05) is 10.6 Å². The van der Waals surface area contributed by atoms with Gasteiger partial charge < -0.3 is 9.84 Å². The predicted octanol–water partition coefficient (Wildman–Crippen LogP) is 3.65. The number of aromatic hydroxyl groups is 1. The van der Waals surface area contributed by atoms with E-state index in [2.05, 4.69) is 21.2 Å². The van der Waals surface area contributed by atoms with Gasteiger partial charge in [0.25, 0.3) is 11.8 Å². The first kappa shape index (κ1) is 19.3. The molecule has 2 N–H and O–H groups in total. The van der Waals surface area contributed by atoms with Crippen molar-refractivity contribution in [1.82, 2.24) is 5.32 Å². The summed E-state index contributed by atoms with van der Waals surface area (Å²) in [5.74, 6) is -0.811. The van der Waals surface area contributed by atoms with Crippen molar-refractivity contribution in [3.63, 3.8) is 0 Å². The summed E-state index contributed by atoms with van der Waals surface area (Å²) in [7, 11) is 1.53. The molecule has 1 fully saturated rings. The molecule has 6 nitrogen and oxygen atoms in total. The second kappa shape index (κ2) is 7.67. The first-order valence-corrected chi connectivity index (χ1v) is 9.13. The fraction of sp³-hybridized carbons (Fsp3) is 0.0556. The molecule has 0 atom stereocenters. The zero-order valence-electron chi connectivity index (χ0n) is 13.8. The largest absolute Gasteiger partial charge is 0.506 e. The highest BCUT2D eigenvalue weighted by atomic mass is 79.9. The number of anilines is 1. The van der Waals surface area contributed by atoms with E-state index in [1.54, 1.807) is 24.3 Å². The molecule has 0 aliphatic carbocycles. The highest BCUT2D eigenvalue weighted by Gasteiger charge is 2.34. The summed E-state index contributed by atoms with van der Waals surface area (Å²) in [4.78, 5) is 26.4. The van der Waals surface area contributed by atoms with Crippen LogP contribution in [-0.2, 0) is 9.59 Å². The lowest BCUT2D eigenvalue weighted by molar-refractivity contribution is -0.122. The Kier molecular flexibility index (Phi) is 5.50. The monoisotopic (exact) mass is 466 g/mol. The summed E-state index contributed by atoms with van der Waals surface area (Å²) >= 11 is 14.3. The van der Waals surface area contributed by atoms with Crippen molar-refractivity contribution >= 4 is 68.4 Å². The van der Waals surface area contributed by atoms with Gasteiger partial charge in [0.15, 0.2) is 5.11 Å². The van der Waals surface area contributed by atoms with Gasteiger partial charge in [-0.25, -0.2) is 0 Å². The molecule has 1 aliphatic heterocycles. The van der Waals surface area contributed by atoms with Gasteiger partial charge in [0.05, 0.1) is 17.3 Å². The second-order valence-electron chi connectivity index (χ2n) is 5.48. The maximum Gasteiger partial charge on any atom is 0.270 e. The number of carbonyl (C=O) groups is 2. The summed E-state index contributed by atoms with van der Waals surface area (Å²) in [5.41, 5.74) is 0.493. The summed E-state index contributed by atoms with van der Waals surface area (Å²) in [5, 5.41) is 12.9. The number of nitrogens with zero attached hydrogens (tertiary/aromatic N) is 1. The van der Waals surface area contributed by atoms with Crippen LogP contribution in [-0.4, -0.2) is 29.1 Å². The van der Waals surface area contributed by atoms with E-state index >= 15 is 0 Å². The molecular weight excluding hydrogens is 456 g/mol. The van der Waals surface area contributed by atoms with Gasteiger partial charge >= 0.3 is 0 Å². The van der Waals surface area contributed by atoms with E-state index in [4.69, 9.17) is 28.6 Å². The zero-order valence-corrected chi connectivity index (χ0v) is 17.0. The van der Waals surface area contributed by atoms with Crippen molar-refractivity contribution in [1.29, 1.82) is 0 Å². The van der Waals surface area contributed by atoms with Crippen molar-refractivity contribution in [2.45, 2.75) is 0 Å². The molecule has 2 aromatic rings. The van der Waals surface area contributed by atoms with Crippen LogP contribution in [0.3, 0.4) is 0 Å². The van der Waals surface area contributed by atoms with Crippen LogP contribution < -0.4 is 15.0 Å². The lowest BCUT2D eigenvalue weighted by Gasteiger charge is -2.29. The number of amides is 2. The SMILES string of the molecule is COc1ccc(N2C(=O)/C(=C/c3cc(Cl)cc(Br)c3O)C(=O)NC2=S)cc1. The first-order valence-electron chi connectivity index (χ1n) is 7.55. The van der Waals surface area contributed by atoms with Crippen LogP contribution in [0.1, 0.15) is 5.56 Å². The van der Waals surface area contributed by atoms with Gasteiger partial charge in [-0.1, -0.05) is 11.6 Å². The van der Waals surface area contributed by atoms with Gasteiger partial charge in [0.1, 0.15) is 17.1 Å². The van der Waals surface area contributed by atoms with E-state index in [0.717, 1.165) is 0 Å². The zero-order chi connectivity index (χ0) is 19.7. The van der Waals surface area contributed by atoms with Crippen LogP contribution in [0.25, 0.3) is 6.08 Å². The Morgan fingerprint density at radius 3 is 2.56 bits per heavy atom. The van der Waals surface area contributed by atoms with Crippen LogP contribution in [0.5, 0.6) is 11.5 Å². The number of rotatable bonds is 3. The van der Waals surface area contributed by atoms with Crippen molar-refractivity contribution in [2.24, 2.45) is 0 Å². The van der Waals surface area contributed by atoms with Crippen molar-refractivity contribution in [2.75, 3.05) is 12.0 Å². The Hall–Kier alpha value is -2.42. The molecule has 1 saturated heterocycles. The number of nitrogens with one attached hydrogen (secondary N) is 1. The molecule has 1 aliphatic rings. The molecule has 0 saturated carbocycles. The van der Waals surface area contributed by atoms with Crippen molar-refractivity contribution in [3.8, 4) is 11.5 Å². The van der Waals surface area contributed by atoms with Crippen LogP contribution >= 0.6 is 39.7 Å². The molecule has 9 heteroatoms. The number of thiocarbonyl (C=S) groups is 1. The number of hydrogen-bond donors (Lipinski definition) is 2. The minimum absolute atomic E-state index is 0.0381. The Morgan fingerprint density at radius 1 is 1.26 bits per heavy atom. The van der Waals surface area contributed by atoms with Crippen LogP contribution in [0, 0.1) is 0 Å². The molecule has 138 valence electrons. The summed E-state index contributed by atoms with van der Waals surface area (Å²) in [6.07, 6.45) is 1.27. The molecule has 0 radical (unpaired) electrons. The van der Waals surface area contributed by atoms with E-state index in [0.29, 0.717) is 20.9 Å². The number of hydrogen-bond acceptors (Lipinski definition) is 5. The van der Waals surface area contributed by atoms with E-state index in [1.807, 2.05) is 0 Å². The Morgan fingerprint density at radius 2 is 1.93 bits per heavy atom. The minimum Gasteiger partial charge on any atom is -0.506 e. The number of phenols is 1. The van der Waals surface area contributed by atoms with E-state index in [9.17, 15) is 14.7 Å².